The van der Waals surface area contributed by atoms with Gasteiger partial charge in [-0.3, -0.25) is 0 Å². The Hall–Kier alpha value is -1.60. The minimum absolute atomic E-state index is 0.164. The van der Waals surface area contributed by atoms with Crippen molar-refractivity contribution in [2.24, 2.45) is 5.84 Å². The number of rotatable bonds is 6. The summed E-state index contributed by atoms with van der Waals surface area (Å²) >= 11 is 0. The summed E-state index contributed by atoms with van der Waals surface area (Å²) in [5.74, 6) is 6.51. The summed E-state index contributed by atoms with van der Waals surface area (Å²) in [7, 11) is 0. The molecule has 0 atom stereocenters. The van der Waals surface area contributed by atoms with Crippen LogP contribution >= 0.6 is 0 Å². The van der Waals surface area contributed by atoms with E-state index in [-0.39, 0.29) is 11.5 Å². The fourth-order valence-electron chi connectivity index (χ4n) is 1.38. The van der Waals surface area contributed by atoms with Gasteiger partial charge in [0.05, 0.1) is 5.60 Å². The molecule has 96 valence electrons. The average Bonchev–Trinajstić information content (AvgIpc) is 2.26. The van der Waals surface area contributed by atoms with Gasteiger partial charge in [0.2, 0.25) is 5.95 Å². The van der Waals surface area contributed by atoms with Crippen LogP contribution in [0.2, 0.25) is 0 Å². The predicted molar refractivity (Wildman–Crippen MR) is 68.4 cm³/mol. The Morgan fingerprint density at radius 2 is 2.00 bits per heavy atom. The smallest absolute Gasteiger partial charge is 0.223 e. The SMILES string of the molecule is CCOC(C)(C)CNc1cc(NN)nc(N)n1. The predicted octanol–water partition coefficient (Wildman–Crippen LogP) is 0.571. The van der Waals surface area contributed by atoms with Crippen LogP contribution in [0.25, 0.3) is 0 Å². The molecule has 0 unspecified atom stereocenters. The van der Waals surface area contributed by atoms with Crippen molar-refractivity contribution >= 4 is 17.6 Å². The fraction of sp³-hybridized carbons (Fsp3) is 0.600. The molecule has 0 radical (unpaired) electrons. The lowest BCUT2D eigenvalue weighted by Gasteiger charge is -2.25. The molecule has 0 saturated carbocycles. The van der Waals surface area contributed by atoms with Crippen LogP contribution in [0, 0.1) is 0 Å². The molecule has 7 heteroatoms. The lowest BCUT2D eigenvalue weighted by Crippen LogP contribution is -2.33. The van der Waals surface area contributed by atoms with Gasteiger partial charge in [-0.25, -0.2) is 5.84 Å². The van der Waals surface area contributed by atoms with Gasteiger partial charge in [0.1, 0.15) is 11.6 Å². The number of hydrogen-bond donors (Lipinski definition) is 4. The minimum Gasteiger partial charge on any atom is -0.374 e. The zero-order chi connectivity index (χ0) is 12.9. The lowest BCUT2D eigenvalue weighted by atomic mass is 10.1. The molecule has 0 aliphatic heterocycles. The molecular weight excluding hydrogens is 220 g/mol. The van der Waals surface area contributed by atoms with Crippen LogP contribution in [-0.2, 0) is 4.74 Å². The molecule has 1 aromatic heterocycles. The molecule has 0 aliphatic rings. The van der Waals surface area contributed by atoms with Crippen LogP contribution < -0.4 is 22.3 Å². The van der Waals surface area contributed by atoms with Crippen molar-refractivity contribution in [1.29, 1.82) is 0 Å². The number of aromatic nitrogens is 2. The van der Waals surface area contributed by atoms with Crippen LogP contribution in [0.15, 0.2) is 6.07 Å². The van der Waals surface area contributed by atoms with Gasteiger partial charge in [-0.05, 0) is 20.8 Å². The van der Waals surface area contributed by atoms with Gasteiger partial charge in [0, 0.05) is 19.2 Å². The Bertz CT molecular complexity index is 368. The molecule has 1 aromatic rings. The molecule has 0 amide bonds. The van der Waals surface area contributed by atoms with Gasteiger partial charge in [-0.15, -0.1) is 0 Å². The highest BCUT2D eigenvalue weighted by atomic mass is 16.5. The zero-order valence-electron chi connectivity index (χ0n) is 10.4. The van der Waals surface area contributed by atoms with Crippen molar-refractivity contribution in [2.45, 2.75) is 26.4 Å². The molecule has 7 nitrogen and oxygen atoms in total. The van der Waals surface area contributed by atoms with Crippen molar-refractivity contribution in [3.8, 4) is 0 Å². The number of nitrogens with two attached hydrogens (primary N) is 2. The molecule has 1 rings (SSSR count). The van der Waals surface area contributed by atoms with E-state index in [0.29, 0.717) is 24.8 Å². The van der Waals surface area contributed by atoms with Crippen molar-refractivity contribution < 1.29 is 4.74 Å². The van der Waals surface area contributed by atoms with Crippen LogP contribution in [0.3, 0.4) is 0 Å². The summed E-state index contributed by atoms with van der Waals surface area (Å²) in [4.78, 5) is 7.94. The molecule has 0 spiro atoms. The molecule has 0 fully saturated rings. The zero-order valence-corrected chi connectivity index (χ0v) is 10.4. The molecule has 0 aliphatic carbocycles. The second-order valence-corrected chi connectivity index (χ2v) is 4.19. The van der Waals surface area contributed by atoms with Gasteiger partial charge >= 0.3 is 0 Å². The topological polar surface area (TPSA) is 111 Å². The maximum atomic E-state index is 5.56. The van der Waals surface area contributed by atoms with Crippen LogP contribution in [0.4, 0.5) is 17.6 Å². The van der Waals surface area contributed by atoms with Crippen molar-refractivity contribution in [3.05, 3.63) is 6.07 Å². The van der Waals surface area contributed by atoms with E-state index in [9.17, 15) is 0 Å². The summed E-state index contributed by atoms with van der Waals surface area (Å²) in [5, 5.41) is 3.13. The fourth-order valence-corrected chi connectivity index (χ4v) is 1.38. The Balaban J connectivity index is 2.65. The number of nitrogens with zero attached hydrogens (tertiary/aromatic N) is 2. The van der Waals surface area contributed by atoms with E-state index in [0.717, 1.165) is 0 Å². The highest BCUT2D eigenvalue weighted by Gasteiger charge is 2.17. The maximum absolute atomic E-state index is 5.56. The van der Waals surface area contributed by atoms with E-state index in [4.69, 9.17) is 16.3 Å². The largest absolute Gasteiger partial charge is 0.374 e. The monoisotopic (exact) mass is 240 g/mol. The third-order valence-electron chi connectivity index (χ3n) is 2.12. The van der Waals surface area contributed by atoms with Crippen molar-refractivity contribution in [2.75, 3.05) is 29.6 Å². The summed E-state index contributed by atoms with van der Waals surface area (Å²) in [5.41, 5.74) is 7.70. The molecule has 0 aromatic carbocycles. The van der Waals surface area contributed by atoms with Gasteiger partial charge in [-0.2, -0.15) is 9.97 Å². The van der Waals surface area contributed by atoms with E-state index >= 15 is 0 Å². The van der Waals surface area contributed by atoms with Gasteiger partial charge in [0.15, 0.2) is 0 Å². The average molecular weight is 240 g/mol. The second kappa shape index (κ2) is 5.65. The first-order chi connectivity index (χ1) is 7.96. The standard InChI is InChI=1S/C10H20N6O/c1-4-17-10(2,3)6-13-7-5-8(16-12)15-9(11)14-7/h5H,4,6,12H2,1-3H3,(H4,11,13,14,15,16). The summed E-state index contributed by atoms with van der Waals surface area (Å²) in [6, 6.07) is 1.68. The Morgan fingerprint density at radius 1 is 1.35 bits per heavy atom. The third kappa shape index (κ3) is 4.41. The number of nitrogen functional groups attached to an aromatic ring is 2. The quantitative estimate of drug-likeness (QED) is 0.425. The number of anilines is 3. The van der Waals surface area contributed by atoms with Crippen LogP contribution in [0.5, 0.6) is 0 Å². The maximum Gasteiger partial charge on any atom is 0.223 e. The number of hydrogen-bond acceptors (Lipinski definition) is 7. The minimum atomic E-state index is -0.273. The highest BCUT2D eigenvalue weighted by molar-refractivity contribution is 5.50. The van der Waals surface area contributed by atoms with E-state index in [1.165, 1.54) is 0 Å². The first kappa shape index (κ1) is 13.5. The Kier molecular flexibility index (Phi) is 4.47. The number of hydrazine groups is 1. The van der Waals surface area contributed by atoms with Gasteiger partial charge in [0.25, 0.3) is 0 Å². The summed E-state index contributed by atoms with van der Waals surface area (Å²) in [6.07, 6.45) is 0. The first-order valence-electron chi connectivity index (χ1n) is 5.46. The van der Waals surface area contributed by atoms with E-state index in [1.807, 2.05) is 20.8 Å². The van der Waals surface area contributed by atoms with E-state index in [2.05, 4.69) is 20.7 Å². The normalized spacial score (nSPS) is 11.3. The molecule has 0 saturated heterocycles. The summed E-state index contributed by atoms with van der Waals surface area (Å²) in [6.45, 7) is 7.23. The molecule has 6 N–H and O–H groups in total. The first-order valence-corrected chi connectivity index (χ1v) is 5.46. The number of ether oxygens (including phenoxy) is 1. The second-order valence-electron chi connectivity index (χ2n) is 4.19. The molecule has 17 heavy (non-hydrogen) atoms. The molecule has 1 heterocycles. The molecular formula is C10H20N6O. The lowest BCUT2D eigenvalue weighted by molar-refractivity contribution is 0.000642. The Morgan fingerprint density at radius 3 is 2.59 bits per heavy atom. The summed E-state index contributed by atoms with van der Waals surface area (Å²) < 4.78 is 5.56. The van der Waals surface area contributed by atoms with Crippen LogP contribution in [-0.4, -0.2) is 28.7 Å². The molecule has 0 bridgehead atoms. The van der Waals surface area contributed by atoms with Crippen molar-refractivity contribution in [3.63, 3.8) is 0 Å². The highest BCUT2D eigenvalue weighted by Crippen LogP contribution is 2.14. The van der Waals surface area contributed by atoms with Crippen LogP contribution in [0.1, 0.15) is 20.8 Å². The van der Waals surface area contributed by atoms with Gasteiger partial charge in [-0.1, -0.05) is 0 Å². The van der Waals surface area contributed by atoms with Crippen molar-refractivity contribution in [1.82, 2.24) is 9.97 Å². The third-order valence-corrected chi connectivity index (χ3v) is 2.12. The Labute approximate surface area is 101 Å². The van der Waals surface area contributed by atoms with E-state index < -0.39 is 0 Å². The van der Waals surface area contributed by atoms with E-state index in [1.54, 1.807) is 6.07 Å². The number of nitrogens with one attached hydrogen (secondary N) is 2. The van der Waals surface area contributed by atoms with Gasteiger partial charge < -0.3 is 21.2 Å².